The average molecular weight is 228 g/mol. The molecule has 0 bridgehead atoms. The second-order valence-corrected chi connectivity index (χ2v) is 4.59. The number of aromatic nitrogens is 1. The molecule has 0 aliphatic heterocycles. The van der Waals surface area contributed by atoms with Gasteiger partial charge in [0.25, 0.3) is 0 Å². The van der Waals surface area contributed by atoms with E-state index in [4.69, 9.17) is 4.74 Å². The summed E-state index contributed by atoms with van der Waals surface area (Å²) in [6.07, 6.45) is 3.24. The number of rotatable bonds is 7. The minimum absolute atomic E-state index is 0.125. The smallest absolute Gasteiger partial charge is 0.121 e. The molecular weight excluding hydrogens is 208 g/mol. The molecule has 3 nitrogen and oxygen atoms in total. The maximum atomic E-state index is 5.49. The van der Waals surface area contributed by atoms with Crippen molar-refractivity contribution >= 4 is 11.3 Å². The van der Waals surface area contributed by atoms with Crippen LogP contribution in [0.5, 0.6) is 0 Å². The summed E-state index contributed by atoms with van der Waals surface area (Å²) in [6.45, 7) is 8.95. The van der Waals surface area contributed by atoms with E-state index in [1.807, 2.05) is 20.0 Å². The van der Waals surface area contributed by atoms with Gasteiger partial charge in [0.1, 0.15) is 11.1 Å². The normalized spacial score (nSPS) is 13.0. The third-order valence-electron chi connectivity index (χ3n) is 2.06. The largest absolute Gasteiger partial charge is 0.372 e. The quantitative estimate of drug-likeness (QED) is 0.729. The lowest BCUT2D eigenvalue weighted by molar-refractivity contribution is 0.0762. The van der Waals surface area contributed by atoms with Gasteiger partial charge >= 0.3 is 0 Å². The standard InChI is InChI=1S/C11H20N2OS/c1-4-6-12-7-10-8-13-11(15-10)9(3)14-5-2/h8-9,12H,4-7H2,1-3H3. The Hall–Kier alpha value is -0.450. The second kappa shape index (κ2) is 6.93. The van der Waals surface area contributed by atoms with Crippen LogP contribution in [0.25, 0.3) is 0 Å². The predicted octanol–water partition coefficient (Wildman–Crippen LogP) is 2.74. The fourth-order valence-corrected chi connectivity index (χ4v) is 2.19. The molecule has 0 saturated carbocycles. The third kappa shape index (κ3) is 4.28. The number of hydrogen-bond donors (Lipinski definition) is 1. The Morgan fingerprint density at radius 2 is 2.33 bits per heavy atom. The highest BCUT2D eigenvalue weighted by molar-refractivity contribution is 7.11. The summed E-state index contributed by atoms with van der Waals surface area (Å²) in [5, 5.41) is 4.44. The van der Waals surface area contributed by atoms with Gasteiger partial charge in [-0.15, -0.1) is 11.3 Å². The maximum absolute atomic E-state index is 5.49. The summed E-state index contributed by atoms with van der Waals surface area (Å²) >= 11 is 1.73. The van der Waals surface area contributed by atoms with Gasteiger partial charge in [0, 0.05) is 24.2 Å². The third-order valence-corrected chi connectivity index (χ3v) is 3.22. The van der Waals surface area contributed by atoms with E-state index in [2.05, 4.69) is 17.2 Å². The first-order valence-electron chi connectivity index (χ1n) is 5.54. The van der Waals surface area contributed by atoms with Crippen molar-refractivity contribution in [2.75, 3.05) is 13.2 Å². The minimum Gasteiger partial charge on any atom is -0.372 e. The molecule has 4 heteroatoms. The molecule has 0 aliphatic carbocycles. The van der Waals surface area contributed by atoms with Gasteiger partial charge in [-0.2, -0.15) is 0 Å². The molecule has 1 N–H and O–H groups in total. The van der Waals surface area contributed by atoms with E-state index in [-0.39, 0.29) is 6.10 Å². The van der Waals surface area contributed by atoms with Crippen molar-refractivity contribution in [3.8, 4) is 0 Å². The van der Waals surface area contributed by atoms with Crippen molar-refractivity contribution in [3.63, 3.8) is 0 Å². The van der Waals surface area contributed by atoms with E-state index in [0.29, 0.717) is 0 Å². The lowest BCUT2D eigenvalue weighted by atomic mass is 10.4. The zero-order valence-corrected chi connectivity index (χ0v) is 10.6. The van der Waals surface area contributed by atoms with E-state index in [1.54, 1.807) is 11.3 Å². The molecule has 1 aromatic rings. The van der Waals surface area contributed by atoms with Crippen molar-refractivity contribution in [2.45, 2.75) is 39.8 Å². The van der Waals surface area contributed by atoms with Crippen LogP contribution in [0, 0.1) is 0 Å². The van der Waals surface area contributed by atoms with Crippen molar-refractivity contribution in [1.82, 2.24) is 10.3 Å². The molecule has 0 radical (unpaired) electrons. The van der Waals surface area contributed by atoms with Crippen LogP contribution in [0.1, 0.15) is 43.2 Å². The lowest BCUT2D eigenvalue weighted by Crippen LogP contribution is -2.12. The van der Waals surface area contributed by atoms with Crippen molar-refractivity contribution in [1.29, 1.82) is 0 Å². The van der Waals surface area contributed by atoms with Crippen molar-refractivity contribution in [3.05, 3.63) is 16.1 Å². The Morgan fingerprint density at radius 1 is 1.53 bits per heavy atom. The maximum Gasteiger partial charge on any atom is 0.121 e. The van der Waals surface area contributed by atoms with Crippen molar-refractivity contribution in [2.24, 2.45) is 0 Å². The number of ether oxygens (including phenoxy) is 1. The number of nitrogens with one attached hydrogen (secondary N) is 1. The molecule has 86 valence electrons. The van der Waals surface area contributed by atoms with Crippen LogP contribution in [0.2, 0.25) is 0 Å². The summed E-state index contributed by atoms with van der Waals surface area (Å²) in [4.78, 5) is 5.65. The van der Waals surface area contributed by atoms with Gasteiger partial charge < -0.3 is 10.1 Å². The van der Waals surface area contributed by atoms with E-state index < -0.39 is 0 Å². The first-order chi connectivity index (χ1) is 7.27. The number of hydrogen-bond acceptors (Lipinski definition) is 4. The molecule has 15 heavy (non-hydrogen) atoms. The van der Waals surface area contributed by atoms with Gasteiger partial charge in [0.15, 0.2) is 0 Å². The predicted molar refractivity (Wildman–Crippen MR) is 64.2 cm³/mol. The Labute approximate surface area is 95.9 Å². The summed E-state index contributed by atoms with van der Waals surface area (Å²) < 4.78 is 5.49. The Balaban J connectivity index is 2.41. The van der Waals surface area contributed by atoms with Gasteiger partial charge in [-0.3, -0.25) is 0 Å². The highest BCUT2D eigenvalue weighted by Gasteiger charge is 2.09. The van der Waals surface area contributed by atoms with Gasteiger partial charge in [0.2, 0.25) is 0 Å². The fraction of sp³-hybridized carbons (Fsp3) is 0.727. The molecule has 0 saturated heterocycles. The van der Waals surface area contributed by atoms with Crippen LogP contribution < -0.4 is 5.32 Å². The molecular formula is C11H20N2OS. The molecule has 0 amide bonds. The second-order valence-electron chi connectivity index (χ2n) is 3.44. The summed E-state index contributed by atoms with van der Waals surface area (Å²) in [6, 6.07) is 0. The van der Waals surface area contributed by atoms with E-state index in [0.717, 1.165) is 24.7 Å². The van der Waals surface area contributed by atoms with Crippen LogP contribution >= 0.6 is 11.3 Å². The average Bonchev–Trinajstić information content (AvgIpc) is 2.67. The monoisotopic (exact) mass is 228 g/mol. The first kappa shape index (κ1) is 12.6. The van der Waals surface area contributed by atoms with Crippen LogP contribution in [-0.4, -0.2) is 18.1 Å². The van der Waals surface area contributed by atoms with Crippen LogP contribution in [0.4, 0.5) is 0 Å². The van der Waals surface area contributed by atoms with Gasteiger partial charge in [-0.25, -0.2) is 4.98 Å². The minimum atomic E-state index is 0.125. The van der Waals surface area contributed by atoms with E-state index in [9.17, 15) is 0 Å². The fourth-order valence-electron chi connectivity index (χ4n) is 1.30. The summed E-state index contributed by atoms with van der Waals surface area (Å²) in [7, 11) is 0. The zero-order chi connectivity index (χ0) is 11.1. The summed E-state index contributed by atoms with van der Waals surface area (Å²) in [5.74, 6) is 0. The molecule has 1 heterocycles. The van der Waals surface area contributed by atoms with Gasteiger partial charge in [-0.05, 0) is 26.8 Å². The highest BCUT2D eigenvalue weighted by atomic mass is 32.1. The van der Waals surface area contributed by atoms with Crippen LogP contribution in [-0.2, 0) is 11.3 Å². The molecule has 1 atom stereocenters. The highest BCUT2D eigenvalue weighted by Crippen LogP contribution is 2.22. The molecule has 1 aromatic heterocycles. The zero-order valence-electron chi connectivity index (χ0n) is 9.75. The Bertz CT molecular complexity index is 275. The lowest BCUT2D eigenvalue weighted by Gasteiger charge is -2.06. The molecule has 0 fully saturated rings. The van der Waals surface area contributed by atoms with E-state index >= 15 is 0 Å². The van der Waals surface area contributed by atoms with Crippen LogP contribution in [0.15, 0.2) is 6.20 Å². The SMILES string of the molecule is CCCNCc1cnc(C(C)OCC)s1. The topological polar surface area (TPSA) is 34.2 Å². The Kier molecular flexibility index (Phi) is 5.83. The van der Waals surface area contributed by atoms with Crippen LogP contribution in [0.3, 0.4) is 0 Å². The van der Waals surface area contributed by atoms with Gasteiger partial charge in [-0.1, -0.05) is 6.92 Å². The van der Waals surface area contributed by atoms with Crippen molar-refractivity contribution < 1.29 is 4.74 Å². The van der Waals surface area contributed by atoms with Gasteiger partial charge in [0.05, 0.1) is 0 Å². The molecule has 1 rings (SSSR count). The molecule has 0 aliphatic rings. The Morgan fingerprint density at radius 3 is 3.00 bits per heavy atom. The molecule has 1 unspecified atom stereocenters. The number of thiazole rings is 1. The first-order valence-corrected chi connectivity index (χ1v) is 6.36. The summed E-state index contributed by atoms with van der Waals surface area (Å²) in [5.41, 5.74) is 0. The molecule has 0 spiro atoms. The molecule has 0 aromatic carbocycles. The number of nitrogens with zero attached hydrogens (tertiary/aromatic N) is 1. The van der Waals surface area contributed by atoms with E-state index in [1.165, 1.54) is 11.3 Å².